The van der Waals surface area contributed by atoms with Crippen molar-refractivity contribution in [3.8, 4) is 0 Å². The Morgan fingerprint density at radius 3 is 2.78 bits per heavy atom. The second kappa shape index (κ2) is 6.93. The van der Waals surface area contributed by atoms with Gasteiger partial charge in [0.2, 0.25) is 0 Å². The number of hydrogen-bond donors (Lipinski definition) is 1. The fourth-order valence-electron chi connectivity index (χ4n) is 2.47. The van der Waals surface area contributed by atoms with Crippen LogP contribution in [0.25, 0.3) is 0 Å². The van der Waals surface area contributed by atoms with Crippen LogP contribution in [0.1, 0.15) is 25.0 Å². The predicted molar refractivity (Wildman–Crippen MR) is 93.4 cm³/mol. The first-order valence-corrected chi connectivity index (χ1v) is 7.76. The number of aliphatic imine (C=N–C) groups is 1. The van der Waals surface area contributed by atoms with Crippen molar-refractivity contribution < 1.29 is 9.63 Å². The van der Waals surface area contributed by atoms with Gasteiger partial charge in [-0.15, -0.1) is 17.8 Å². The summed E-state index contributed by atoms with van der Waals surface area (Å²) in [5.74, 6) is 0.0240. The maximum atomic E-state index is 12.0. The molecule has 1 aliphatic carbocycles. The molecular formula is C17H17N3O2S. The molecule has 2 aliphatic rings. The molecule has 0 fully saturated rings. The van der Waals surface area contributed by atoms with E-state index in [1.807, 2.05) is 37.3 Å². The summed E-state index contributed by atoms with van der Waals surface area (Å²) in [6.07, 6.45) is 4.71. The Bertz CT molecular complexity index is 711. The number of hydrazone groups is 1. The molecule has 0 bridgehead atoms. The third kappa shape index (κ3) is 3.60. The second-order valence-electron chi connectivity index (χ2n) is 5.29. The van der Waals surface area contributed by atoms with Crippen LogP contribution < -0.4 is 0 Å². The van der Waals surface area contributed by atoms with Gasteiger partial charge >= 0.3 is 0 Å². The lowest BCUT2D eigenvalue weighted by atomic mass is 9.90. The van der Waals surface area contributed by atoms with Gasteiger partial charge in [0, 0.05) is 12.6 Å². The highest BCUT2D eigenvalue weighted by Crippen LogP contribution is 2.37. The van der Waals surface area contributed by atoms with Crippen molar-refractivity contribution in [1.29, 1.82) is 0 Å². The van der Waals surface area contributed by atoms with Gasteiger partial charge in [-0.1, -0.05) is 30.3 Å². The minimum atomic E-state index is -0.454. The first-order chi connectivity index (χ1) is 11.1. The van der Waals surface area contributed by atoms with E-state index in [1.165, 1.54) is 11.5 Å². The van der Waals surface area contributed by atoms with E-state index in [4.69, 9.17) is 4.84 Å². The average Bonchev–Trinajstić information content (AvgIpc) is 2.58. The van der Waals surface area contributed by atoms with Crippen LogP contribution in [0.15, 0.2) is 62.6 Å². The SMILES string of the molecule is CC1=C(S)CC(=O)C=C1C(ON1C=NCC=N1)c1ccccc1. The fraction of sp³-hybridized carbons (Fsp3) is 0.235. The van der Waals surface area contributed by atoms with Crippen LogP contribution in [0.3, 0.4) is 0 Å². The Labute approximate surface area is 140 Å². The first kappa shape index (κ1) is 15.7. The molecule has 0 radical (unpaired) electrons. The molecule has 5 nitrogen and oxygen atoms in total. The van der Waals surface area contributed by atoms with E-state index in [9.17, 15) is 4.79 Å². The molecule has 118 valence electrons. The molecular weight excluding hydrogens is 310 g/mol. The summed E-state index contributed by atoms with van der Waals surface area (Å²) in [6.45, 7) is 2.49. The zero-order valence-corrected chi connectivity index (χ0v) is 13.6. The number of thiol groups is 1. The van der Waals surface area contributed by atoms with E-state index >= 15 is 0 Å². The molecule has 6 heteroatoms. The summed E-state index contributed by atoms with van der Waals surface area (Å²) in [5.41, 5.74) is 2.69. The number of hydrogen-bond acceptors (Lipinski definition) is 6. The van der Waals surface area contributed by atoms with Crippen LogP contribution in [0.5, 0.6) is 0 Å². The zero-order valence-electron chi connectivity index (χ0n) is 12.7. The Morgan fingerprint density at radius 2 is 2.09 bits per heavy atom. The third-order valence-electron chi connectivity index (χ3n) is 3.69. The molecule has 23 heavy (non-hydrogen) atoms. The van der Waals surface area contributed by atoms with E-state index in [1.54, 1.807) is 12.3 Å². The van der Waals surface area contributed by atoms with Gasteiger partial charge in [0.1, 0.15) is 12.4 Å². The highest BCUT2D eigenvalue weighted by atomic mass is 32.1. The van der Waals surface area contributed by atoms with E-state index in [0.29, 0.717) is 13.0 Å². The van der Waals surface area contributed by atoms with E-state index in [0.717, 1.165) is 21.6 Å². The summed E-state index contributed by atoms with van der Waals surface area (Å²) in [4.78, 5) is 22.8. The first-order valence-electron chi connectivity index (χ1n) is 7.32. The van der Waals surface area contributed by atoms with Gasteiger partial charge in [-0.25, -0.2) is 4.84 Å². The Kier molecular flexibility index (Phi) is 4.73. The Morgan fingerprint density at radius 1 is 1.30 bits per heavy atom. The van der Waals surface area contributed by atoms with Crippen molar-refractivity contribution in [2.75, 3.05) is 6.54 Å². The molecule has 0 saturated heterocycles. The van der Waals surface area contributed by atoms with Gasteiger partial charge < -0.3 is 0 Å². The lowest BCUT2D eigenvalue weighted by Gasteiger charge is -2.27. The third-order valence-corrected chi connectivity index (χ3v) is 4.18. The van der Waals surface area contributed by atoms with Crippen LogP contribution in [-0.4, -0.2) is 30.1 Å². The van der Waals surface area contributed by atoms with E-state index in [2.05, 4.69) is 22.7 Å². The van der Waals surface area contributed by atoms with Gasteiger partial charge in [0.25, 0.3) is 0 Å². The number of hydroxylamine groups is 1. The minimum absolute atomic E-state index is 0.0240. The van der Waals surface area contributed by atoms with Gasteiger partial charge in [0.05, 0.1) is 6.54 Å². The van der Waals surface area contributed by atoms with Crippen molar-refractivity contribution in [3.05, 3.63) is 58.0 Å². The lowest BCUT2D eigenvalue weighted by molar-refractivity contribution is -0.131. The fourth-order valence-corrected chi connectivity index (χ4v) is 2.75. The van der Waals surface area contributed by atoms with Crippen molar-refractivity contribution in [2.24, 2.45) is 10.1 Å². The molecule has 3 rings (SSSR count). The largest absolute Gasteiger partial charge is 0.294 e. The van der Waals surface area contributed by atoms with E-state index in [-0.39, 0.29) is 5.78 Å². The summed E-state index contributed by atoms with van der Waals surface area (Å²) in [6, 6.07) is 9.73. The summed E-state index contributed by atoms with van der Waals surface area (Å²) >= 11 is 4.44. The zero-order chi connectivity index (χ0) is 16.2. The average molecular weight is 327 g/mol. The number of allylic oxidation sites excluding steroid dienone is 2. The van der Waals surface area contributed by atoms with Crippen LogP contribution in [-0.2, 0) is 9.63 Å². The minimum Gasteiger partial charge on any atom is -0.294 e. The molecule has 1 aliphatic heterocycles. The molecule has 1 heterocycles. The molecule has 1 aromatic rings. The number of carbonyl (C=O) groups is 1. The quantitative estimate of drug-likeness (QED) is 0.865. The number of benzene rings is 1. The second-order valence-corrected chi connectivity index (χ2v) is 5.83. The topological polar surface area (TPSA) is 54.3 Å². The maximum absolute atomic E-state index is 12.0. The number of ketones is 1. The standard InChI is InChI=1S/C17H17N3O2S/c1-12-15(9-14(21)10-16(12)23)17(13-5-3-2-4-6-13)22-20-11-18-7-8-19-20/h2-6,8-9,11,17,23H,7,10H2,1H3. The van der Waals surface area contributed by atoms with Crippen LogP contribution in [0.2, 0.25) is 0 Å². The van der Waals surface area contributed by atoms with Crippen LogP contribution in [0.4, 0.5) is 0 Å². The summed E-state index contributed by atoms with van der Waals surface area (Å²) in [5, 5.41) is 5.47. The van der Waals surface area contributed by atoms with E-state index < -0.39 is 6.10 Å². The molecule has 0 saturated carbocycles. The molecule has 1 atom stereocenters. The summed E-state index contributed by atoms with van der Waals surface area (Å²) < 4.78 is 0. The smallest absolute Gasteiger partial charge is 0.160 e. The molecule has 0 amide bonds. The van der Waals surface area contributed by atoms with Gasteiger partial charge in [0.15, 0.2) is 5.78 Å². The molecule has 0 N–H and O–H groups in total. The number of rotatable bonds is 4. The molecule has 1 unspecified atom stereocenters. The monoisotopic (exact) mass is 327 g/mol. The molecule has 0 spiro atoms. The Hall–Kier alpha value is -2.18. The van der Waals surface area contributed by atoms with Gasteiger partial charge in [-0.05, 0) is 34.6 Å². The van der Waals surface area contributed by atoms with Crippen molar-refractivity contribution in [1.82, 2.24) is 5.17 Å². The summed E-state index contributed by atoms with van der Waals surface area (Å²) in [7, 11) is 0. The number of nitrogens with zero attached hydrogens (tertiary/aromatic N) is 3. The van der Waals surface area contributed by atoms with Crippen molar-refractivity contribution in [2.45, 2.75) is 19.4 Å². The van der Waals surface area contributed by atoms with Crippen molar-refractivity contribution in [3.63, 3.8) is 0 Å². The van der Waals surface area contributed by atoms with Gasteiger partial charge in [-0.2, -0.15) is 5.10 Å². The van der Waals surface area contributed by atoms with Crippen LogP contribution in [0, 0.1) is 0 Å². The van der Waals surface area contributed by atoms with Crippen molar-refractivity contribution >= 4 is 31.0 Å². The maximum Gasteiger partial charge on any atom is 0.160 e. The highest BCUT2D eigenvalue weighted by molar-refractivity contribution is 7.84. The normalized spacial score (nSPS) is 19.1. The van der Waals surface area contributed by atoms with Gasteiger partial charge in [-0.3, -0.25) is 9.79 Å². The molecule has 0 aromatic heterocycles. The molecule has 1 aromatic carbocycles. The number of carbonyl (C=O) groups excluding carboxylic acids is 1. The Balaban J connectivity index is 1.98. The predicted octanol–water partition coefficient (Wildman–Crippen LogP) is 3.09. The highest BCUT2D eigenvalue weighted by Gasteiger charge is 2.27. The lowest BCUT2D eigenvalue weighted by Crippen LogP contribution is -2.25. The van der Waals surface area contributed by atoms with Crippen LogP contribution >= 0.6 is 12.6 Å².